The van der Waals surface area contributed by atoms with Gasteiger partial charge in [-0.15, -0.1) is 0 Å². The molecular weight excluding hydrogens is 234 g/mol. The monoisotopic (exact) mass is 251 g/mol. The molecule has 0 bridgehead atoms. The molecule has 0 heterocycles. The standard InChI is InChI=1S/C8H17N3O6/c9-6(5-7(12)13)8(14)10-3-1-2-4-17-11(15)16/h6,15-16H,1-5,9H2,(H,10,14)(H,12,13). The summed E-state index contributed by atoms with van der Waals surface area (Å²) in [6, 6.07) is -1.06. The van der Waals surface area contributed by atoms with Crippen molar-refractivity contribution < 1.29 is 29.9 Å². The molecule has 17 heavy (non-hydrogen) atoms. The van der Waals surface area contributed by atoms with Crippen LogP contribution >= 0.6 is 0 Å². The first-order chi connectivity index (χ1) is 7.93. The van der Waals surface area contributed by atoms with Crippen molar-refractivity contribution in [3.05, 3.63) is 0 Å². The highest BCUT2D eigenvalue weighted by Crippen LogP contribution is 1.92. The minimum Gasteiger partial charge on any atom is -0.481 e. The third-order valence-corrected chi connectivity index (χ3v) is 1.81. The first-order valence-corrected chi connectivity index (χ1v) is 4.99. The molecule has 1 unspecified atom stereocenters. The van der Waals surface area contributed by atoms with E-state index >= 15 is 0 Å². The van der Waals surface area contributed by atoms with Gasteiger partial charge in [0.1, 0.15) is 0 Å². The minimum atomic E-state index is -1.13. The number of nitrogens with two attached hydrogens (primary N) is 1. The van der Waals surface area contributed by atoms with Gasteiger partial charge in [-0.3, -0.25) is 24.8 Å². The number of unbranched alkanes of at least 4 members (excludes halogenated alkanes) is 1. The quantitative estimate of drug-likeness (QED) is 0.251. The summed E-state index contributed by atoms with van der Waals surface area (Å²) in [6.07, 6.45) is 0.615. The smallest absolute Gasteiger partial charge is 0.305 e. The lowest BCUT2D eigenvalue weighted by Gasteiger charge is -2.10. The molecule has 9 nitrogen and oxygen atoms in total. The Morgan fingerprint density at radius 3 is 2.53 bits per heavy atom. The van der Waals surface area contributed by atoms with Crippen LogP contribution in [0, 0.1) is 0 Å². The Labute approximate surface area is 97.6 Å². The zero-order valence-electron chi connectivity index (χ0n) is 9.20. The van der Waals surface area contributed by atoms with Gasteiger partial charge in [0, 0.05) is 6.54 Å². The predicted octanol–water partition coefficient (Wildman–Crippen LogP) is -1.30. The fourth-order valence-corrected chi connectivity index (χ4v) is 0.997. The Kier molecular flexibility index (Phi) is 8.19. The summed E-state index contributed by atoms with van der Waals surface area (Å²) in [5.74, 6) is -1.66. The first-order valence-electron chi connectivity index (χ1n) is 4.99. The van der Waals surface area contributed by atoms with Crippen molar-refractivity contribution in [3.8, 4) is 0 Å². The normalized spacial score (nSPS) is 12.5. The zero-order valence-corrected chi connectivity index (χ0v) is 9.20. The van der Waals surface area contributed by atoms with Gasteiger partial charge in [0.2, 0.25) is 5.91 Å². The molecule has 0 rings (SSSR count). The van der Waals surface area contributed by atoms with Crippen molar-refractivity contribution in [2.45, 2.75) is 25.3 Å². The maximum absolute atomic E-state index is 11.2. The molecule has 0 aromatic rings. The number of carboxylic acids is 1. The highest BCUT2D eigenvalue weighted by Gasteiger charge is 2.15. The molecule has 0 spiro atoms. The van der Waals surface area contributed by atoms with E-state index in [1.165, 1.54) is 0 Å². The molecule has 0 aliphatic carbocycles. The van der Waals surface area contributed by atoms with E-state index in [4.69, 9.17) is 21.3 Å². The number of rotatable bonds is 9. The van der Waals surface area contributed by atoms with Crippen LogP contribution in [0.5, 0.6) is 0 Å². The van der Waals surface area contributed by atoms with Gasteiger partial charge < -0.3 is 16.2 Å². The second kappa shape index (κ2) is 8.84. The summed E-state index contributed by atoms with van der Waals surface area (Å²) in [5, 5.41) is 26.8. The zero-order chi connectivity index (χ0) is 13.3. The number of amides is 1. The second-order valence-electron chi connectivity index (χ2n) is 3.29. The molecule has 1 amide bonds. The van der Waals surface area contributed by atoms with Crippen LogP contribution in [0.15, 0.2) is 0 Å². The van der Waals surface area contributed by atoms with Crippen LogP contribution < -0.4 is 11.1 Å². The fraction of sp³-hybridized carbons (Fsp3) is 0.750. The lowest BCUT2D eigenvalue weighted by atomic mass is 10.2. The van der Waals surface area contributed by atoms with Gasteiger partial charge in [0.15, 0.2) is 0 Å². The number of hydrogen-bond donors (Lipinski definition) is 5. The van der Waals surface area contributed by atoms with Crippen LogP contribution in [0.3, 0.4) is 0 Å². The van der Waals surface area contributed by atoms with Gasteiger partial charge in [-0.2, -0.15) is 0 Å². The molecule has 0 aromatic heterocycles. The van der Waals surface area contributed by atoms with E-state index in [0.717, 1.165) is 0 Å². The molecule has 0 fully saturated rings. The molecule has 1 atom stereocenters. The summed E-state index contributed by atoms with van der Waals surface area (Å²) in [6.45, 7) is 0.399. The maximum Gasteiger partial charge on any atom is 0.305 e. The molecule has 0 aliphatic heterocycles. The van der Waals surface area contributed by atoms with E-state index in [-0.39, 0.29) is 12.0 Å². The molecule has 100 valence electrons. The average molecular weight is 251 g/mol. The summed E-state index contributed by atoms with van der Waals surface area (Å²) in [4.78, 5) is 25.7. The number of nitrogens with one attached hydrogen (secondary N) is 1. The highest BCUT2D eigenvalue weighted by atomic mass is 17.1. The molecular formula is C8H17N3O6. The van der Waals surface area contributed by atoms with Crippen LogP contribution in [-0.2, 0) is 14.4 Å². The lowest BCUT2D eigenvalue weighted by Crippen LogP contribution is -2.42. The Morgan fingerprint density at radius 2 is 2.00 bits per heavy atom. The van der Waals surface area contributed by atoms with Crippen molar-refractivity contribution in [1.82, 2.24) is 10.7 Å². The van der Waals surface area contributed by atoms with Crippen molar-refractivity contribution in [1.29, 1.82) is 0 Å². The van der Waals surface area contributed by atoms with Gasteiger partial charge in [-0.25, -0.2) is 0 Å². The van der Waals surface area contributed by atoms with Gasteiger partial charge in [0.25, 0.3) is 0 Å². The van der Waals surface area contributed by atoms with Crippen LogP contribution in [-0.4, -0.2) is 52.0 Å². The molecule has 0 aromatic carbocycles. The summed E-state index contributed by atoms with van der Waals surface area (Å²) >= 11 is 0. The van der Waals surface area contributed by atoms with Crippen molar-refractivity contribution in [2.24, 2.45) is 5.73 Å². The third kappa shape index (κ3) is 9.66. The largest absolute Gasteiger partial charge is 0.481 e. The Balaban J connectivity index is 3.48. The van der Waals surface area contributed by atoms with E-state index in [0.29, 0.717) is 19.4 Å². The molecule has 9 heteroatoms. The van der Waals surface area contributed by atoms with Crippen molar-refractivity contribution in [2.75, 3.05) is 13.2 Å². The number of nitrogens with zero attached hydrogens (tertiary/aromatic N) is 1. The molecule has 0 aliphatic rings. The number of hydrogen-bond acceptors (Lipinski definition) is 7. The van der Waals surface area contributed by atoms with Gasteiger partial charge in [-0.1, -0.05) is 0 Å². The molecule has 0 saturated heterocycles. The second-order valence-corrected chi connectivity index (χ2v) is 3.29. The van der Waals surface area contributed by atoms with Crippen LogP contribution in [0.1, 0.15) is 19.3 Å². The average Bonchev–Trinajstić information content (AvgIpc) is 2.21. The topological polar surface area (TPSA) is 145 Å². The minimum absolute atomic E-state index is 0.0874. The molecule has 0 saturated carbocycles. The van der Waals surface area contributed by atoms with E-state index < -0.39 is 24.3 Å². The first kappa shape index (κ1) is 15.7. The van der Waals surface area contributed by atoms with Crippen molar-refractivity contribution in [3.63, 3.8) is 0 Å². The van der Waals surface area contributed by atoms with E-state index in [9.17, 15) is 9.59 Å². The van der Waals surface area contributed by atoms with E-state index in [2.05, 4.69) is 10.2 Å². The van der Waals surface area contributed by atoms with Crippen LogP contribution in [0.25, 0.3) is 0 Å². The van der Waals surface area contributed by atoms with Gasteiger partial charge in [0.05, 0.1) is 24.5 Å². The molecule has 0 radical (unpaired) electrons. The van der Waals surface area contributed by atoms with Crippen LogP contribution in [0.4, 0.5) is 0 Å². The number of carboxylic acid groups (broad SMARTS) is 1. The van der Waals surface area contributed by atoms with Gasteiger partial charge in [-0.05, 0) is 12.8 Å². The third-order valence-electron chi connectivity index (χ3n) is 1.81. The highest BCUT2D eigenvalue weighted by molar-refractivity contribution is 5.85. The van der Waals surface area contributed by atoms with E-state index in [1.807, 2.05) is 0 Å². The molecule has 6 N–H and O–H groups in total. The predicted molar refractivity (Wildman–Crippen MR) is 53.8 cm³/mol. The Hall–Kier alpha value is -1.26. The number of carbonyl (C=O) groups is 2. The van der Waals surface area contributed by atoms with E-state index in [1.54, 1.807) is 0 Å². The summed E-state index contributed by atoms with van der Waals surface area (Å²) < 4.78 is 0. The SMILES string of the molecule is NC(CC(=O)O)C(=O)NCCCCON(O)O. The fourth-order valence-electron chi connectivity index (χ4n) is 0.997. The number of aliphatic carboxylic acids is 1. The lowest BCUT2D eigenvalue weighted by molar-refractivity contribution is -0.492. The number of carbonyl (C=O) groups excluding carboxylic acids is 1. The summed E-state index contributed by atoms with van der Waals surface area (Å²) in [5.41, 5.74) is 5.31. The summed E-state index contributed by atoms with van der Waals surface area (Å²) in [7, 11) is 0. The Bertz CT molecular complexity index is 247. The van der Waals surface area contributed by atoms with Gasteiger partial charge >= 0.3 is 5.97 Å². The van der Waals surface area contributed by atoms with Crippen molar-refractivity contribution >= 4 is 11.9 Å². The Morgan fingerprint density at radius 1 is 1.35 bits per heavy atom. The van der Waals surface area contributed by atoms with Crippen LogP contribution in [0.2, 0.25) is 0 Å². The maximum atomic E-state index is 11.2.